The Morgan fingerprint density at radius 1 is 1.61 bits per heavy atom. The molecule has 1 heterocycles. The molecule has 104 valence electrons. The SMILES string of the molecule is CC(C)C1=NO[C@H](C(=O)N(C)CCC(C)(C)O)C1. The Morgan fingerprint density at radius 3 is 2.67 bits per heavy atom. The van der Waals surface area contributed by atoms with Crippen molar-refractivity contribution >= 4 is 11.6 Å². The fourth-order valence-corrected chi connectivity index (χ4v) is 1.67. The molecule has 1 amide bonds. The first-order valence-corrected chi connectivity index (χ1v) is 6.40. The third-order valence-electron chi connectivity index (χ3n) is 3.07. The number of aliphatic hydroxyl groups is 1. The van der Waals surface area contributed by atoms with Gasteiger partial charge in [0.1, 0.15) is 0 Å². The van der Waals surface area contributed by atoms with Crippen LogP contribution in [0.2, 0.25) is 0 Å². The molecule has 0 saturated carbocycles. The third kappa shape index (κ3) is 4.29. The van der Waals surface area contributed by atoms with Crippen molar-refractivity contribution in [2.45, 2.75) is 52.2 Å². The van der Waals surface area contributed by atoms with Crippen LogP contribution in [0.25, 0.3) is 0 Å². The van der Waals surface area contributed by atoms with Gasteiger partial charge in [0.15, 0.2) is 0 Å². The number of nitrogens with zero attached hydrogens (tertiary/aromatic N) is 2. The molecule has 1 aliphatic heterocycles. The molecule has 0 saturated heterocycles. The fourth-order valence-electron chi connectivity index (χ4n) is 1.67. The first kappa shape index (κ1) is 15.0. The van der Waals surface area contributed by atoms with Gasteiger partial charge in [0.25, 0.3) is 5.91 Å². The highest BCUT2D eigenvalue weighted by molar-refractivity contribution is 5.93. The fraction of sp³-hybridized carbons (Fsp3) is 0.846. The summed E-state index contributed by atoms with van der Waals surface area (Å²) in [6, 6.07) is 0. The molecule has 0 aromatic rings. The zero-order valence-corrected chi connectivity index (χ0v) is 11.9. The molecule has 0 aromatic heterocycles. The highest BCUT2D eigenvalue weighted by Gasteiger charge is 2.31. The van der Waals surface area contributed by atoms with Gasteiger partial charge in [0.05, 0.1) is 11.3 Å². The summed E-state index contributed by atoms with van der Waals surface area (Å²) in [7, 11) is 1.73. The minimum Gasteiger partial charge on any atom is -0.390 e. The van der Waals surface area contributed by atoms with E-state index < -0.39 is 11.7 Å². The molecule has 0 aliphatic carbocycles. The van der Waals surface area contributed by atoms with E-state index in [1.54, 1.807) is 25.8 Å². The molecule has 5 heteroatoms. The largest absolute Gasteiger partial charge is 0.390 e. The number of amides is 1. The maximum absolute atomic E-state index is 12.1. The van der Waals surface area contributed by atoms with Gasteiger partial charge in [-0.1, -0.05) is 19.0 Å². The summed E-state index contributed by atoms with van der Waals surface area (Å²) in [4.78, 5) is 18.9. The molecule has 0 fully saturated rings. The standard InChI is InChI=1S/C13H24N2O3/c1-9(2)10-8-11(18-14-10)12(16)15(5)7-6-13(3,4)17/h9,11,17H,6-8H2,1-5H3/t11-/m0/s1. The molecule has 0 aromatic carbocycles. The van der Waals surface area contributed by atoms with Gasteiger partial charge in [0, 0.05) is 20.0 Å². The molecule has 1 atom stereocenters. The molecular weight excluding hydrogens is 232 g/mol. The van der Waals surface area contributed by atoms with Gasteiger partial charge in [-0.25, -0.2) is 0 Å². The Kier molecular flexibility index (Phi) is 4.73. The number of hydrogen-bond acceptors (Lipinski definition) is 4. The van der Waals surface area contributed by atoms with E-state index in [0.29, 0.717) is 25.3 Å². The Balaban J connectivity index is 2.42. The normalized spacial score (nSPS) is 19.7. The van der Waals surface area contributed by atoms with Gasteiger partial charge >= 0.3 is 0 Å². The molecule has 1 aliphatic rings. The summed E-state index contributed by atoms with van der Waals surface area (Å²) in [5.74, 6) is 0.239. The first-order chi connectivity index (χ1) is 8.20. The van der Waals surface area contributed by atoms with Crippen LogP contribution >= 0.6 is 0 Å². The average molecular weight is 256 g/mol. The minimum atomic E-state index is -0.759. The molecule has 0 spiro atoms. The van der Waals surface area contributed by atoms with Crippen molar-refractivity contribution in [2.75, 3.05) is 13.6 Å². The topological polar surface area (TPSA) is 62.1 Å². The van der Waals surface area contributed by atoms with Crippen molar-refractivity contribution in [3.8, 4) is 0 Å². The number of hydrogen-bond donors (Lipinski definition) is 1. The molecule has 0 bridgehead atoms. The maximum Gasteiger partial charge on any atom is 0.266 e. The second-order valence-electron chi connectivity index (χ2n) is 5.86. The van der Waals surface area contributed by atoms with Crippen molar-refractivity contribution in [1.82, 2.24) is 4.90 Å². The molecule has 1 rings (SSSR count). The molecule has 18 heavy (non-hydrogen) atoms. The lowest BCUT2D eigenvalue weighted by atomic mass is 10.0. The summed E-state index contributed by atoms with van der Waals surface area (Å²) in [6.07, 6.45) is 0.623. The average Bonchev–Trinajstić information content (AvgIpc) is 2.73. The van der Waals surface area contributed by atoms with E-state index in [4.69, 9.17) is 4.84 Å². The lowest BCUT2D eigenvalue weighted by Crippen LogP contribution is -2.39. The number of oxime groups is 1. The number of likely N-dealkylation sites (N-methyl/N-ethyl adjacent to an activating group) is 1. The van der Waals surface area contributed by atoms with E-state index in [0.717, 1.165) is 5.71 Å². The Hall–Kier alpha value is -1.10. The summed E-state index contributed by atoms with van der Waals surface area (Å²) < 4.78 is 0. The van der Waals surface area contributed by atoms with E-state index in [1.807, 2.05) is 13.8 Å². The zero-order valence-electron chi connectivity index (χ0n) is 11.9. The van der Waals surface area contributed by atoms with Crippen molar-refractivity contribution in [1.29, 1.82) is 0 Å². The highest BCUT2D eigenvalue weighted by Crippen LogP contribution is 2.18. The van der Waals surface area contributed by atoms with Gasteiger partial charge < -0.3 is 14.8 Å². The summed E-state index contributed by atoms with van der Waals surface area (Å²) >= 11 is 0. The lowest BCUT2D eigenvalue weighted by molar-refractivity contribution is -0.141. The van der Waals surface area contributed by atoms with Gasteiger partial charge in [-0.2, -0.15) is 0 Å². The maximum atomic E-state index is 12.1. The number of carbonyl (C=O) groups is 1. The van der Waals surface area contributed by atoms with Crippen LogP contribution in [0.3, 0.4) is 0 Å². The molecule has 0 unspecified atom stereocenters. The smallest absolute Gasteiger partial charge is 0.266 e. The van der Waals surface area contributed by atoms with Crippen LogP contribution in [0.5, 0.6) is 0 Å². The summed E-state index contributed by atoms with van der Waals surface area (Å²) in [6.45, 7) is 8.05. The van der Waals surface area contributed by atoms with Crippen LogP contribution in [0, 0.1) is 5.92 Å². The number of rotatable bonds is 5. The summed E-state index contributed by atoms with van der Waals surface area (Å²) in [5.41, 5.74) is 0.175. The first-order valence-electron chi connectivity index (χ1n) is 6.40. The Bertz CT molecular complexity index is 332. The minimum absolute atomic E-state index is 0.0707. The van der Waals surface area contributed by atoms with Crippen molar-refractivity contribution in [2.24, 2.45) is 11.1 Å². The van der Waals surface area contributed by atoms with Gasteiger partial charge in [-0.3, -0.25) is 4.79 Å². The second kappa shape index (κ2) is 5.69. The zero-order chi connectivity index (χ0) is 13.9. The van der Waals surface area contributed by atoms with Crippen molar-refractivity contribution < 1.29 is 14.7 Å². The highest BCUT2D eigenvalue weighted by atomic mass is 16.6. The van der Waals surface area contributed by atoms with E-state index in [9.17, 15) is 9.90 Å². The monoisotopic (exact) mass is 256 g/mol. The van der Waals surface area contributed by atoms with E-state index in [1.165, 1.54) is 0 Å². The van der Waals surface area contributed by atoms with Crippen LogP contribution in [-0.2, 0) is 9.63 Å². The van der Waals surface area contributed by atoms with Gasteiger partial charge in [-0.15, -0.1) is 0 Å². The van der Waals surface area contributed by atoms with Crippen LogP contribution in [0.4, 0.5) is 0 Å². The van der Waals surface area contributed by atoms with Crippen LogP contribution < -0.4 is 0 Å². The molecule has 1 N–H and O–H groups in total. The van der Waals surface area contributed by atoms with Crippen molar-refractivity contribution in [3.05, 3.63) is 0 Å². The second-order valence-corrected chi connectivity index (χ2v) is 5.86. The molecular formula is C13H24N2O3. The van der Waals surface area contributed by atoms with Gasteiger partial charge in [0.2, 0.25) is 6.10 Å². The van der Waals surface area contributed by atoms with E-state index in [-0.39, 0.29) is 5.91 Å². The van der Waals surface area contributed by atoms with Crippen LogP contribution in [0.15, 0.2) is 5.16 Å². The van der Waals surface area contributed by atoms with Crippen LogP contribution in [0.1, 0.15) is 40.5 Å². The number of carbonyl (C=O) groups excluding carboxylic acids is 1. The quantitative estimate of drug-likeness (QED) is 0.809. The predicted octanol–water partition coefficient (Wildman–Crippen LogP) is 1.41. The van der Waals surface area contributed by atoms with Crippen LogP contribution in [-0.4, -0.2) is 46.9 Å². The predicted molar refractivity (Wildman–Crippen MR) is 70.3 cm³/mol. The summed E-state index contributed by atoms with van der Waals surface area (Å²) in [5, 5.41) is 13.6. The Morgan fingerprint density at radius 2 is 2.22 bits per heavy atom. The lowest BCUT2D eigenvalue weighted by Gasteiger charge is -2.24. The Labute approximate surface area is 109 Å². The van der Waals surface area contributed by atoms with E-state index in [2.05, 4.69) is 5.16 Å². The van der Waals surface area contributed by atoms with Crippen molar-refractivity contribution in [3.63, 3.8) is 0 Å². The van der Waals surface area contributed by atoms with Gasteiger partial charge in [-0.05, 0) is 26.2 Å². The molecule has 5 nitrogen and oxygen atoms in total. The molecule has 0 radical (unpaired) electrons. The third-order valence-corrected chi connectivity index (χ3v) is 3.07. The van der Waals surface area contributed by atoms with E-state index >= 15 is 0 Å².